The second-order valence-electron chi connectivity index (χ2n) is 4.24. The summed E-state index contributed by atoms with van der Waals surface area (Å²) in [5, 5.41) is 12.3. The Morgan fingerprint density at radius 3 is 2.65 bits per heavy atom. The molecule has 0 aliphatic rings. The molecule has 1 unspecified atom stereocenters. The molecule has 1 aromatic carbocycles. The van der Waals surface area contributed by atoms with Gasteiger partial charge in [-0.05, 0) is 30.5 Å². The topological polar surface area (TPSA) is 67.8 Å². The minimum Gasteiger partial charge on any atom is -0.491 e. The van der Waals surface area contributed by atoms with Gasteiger partial charge < -0.3 is 19.9 Å². The van der Waals surface area contributed by atoms with E-state index in [0.717, 1.165) is 11.4 Å². The number of hydrogen-bond acceptors (Lipinski definition) is 5. The van der Waals surface area contributed by atoms with Crippen molar-refractivity contribution in [2.45, 2.75) is 12.5 Å². The number of methoxy groups -OCH3 is 1. The fraction of sp³-hybridized carbons (Fsp3) is 0.500. The molecule has 0 saturated heterocycles. The van der Waals surface area contributed by atoms with E-state index in [0.29, 0.717) is 12.2 Å². The lowest BCUT2D eigenvalue weighted by Gasteiger charge is -2.12. The molecule has 1 aromatic rings. The molecule has 6 heteroatoms. The molecule has 5 nitrogen and oxygen atoms in total. The second-order valence-corrected chi connectivity index (χ2v) is 5.22. The van der Waals surface area contributed by atoms with Gasteiger partial charge in [-0.15, -0.1) is 0 Å². The molecule has 1 amide bonds. The number of carbonyl (C=O) groups is 1. The van der Waals surface area contributed by atoms with E-state index in [4.69, 9.17) is 9.47 Å². The Morgan fingerprint density at radius 2 is 2.05 bits per heavy atom. The van der Waals surface area contributed by atoms with E-state index in [9.17, 15) is 9.90 Å². The van der Waals surface area contributed by atoms with Crippen molar-refractivity contribution in [2.24, 2.45) is 0 Å². The first-order valence-corrected chi connectivity index (χ1v) is 7.73. The molecule has 0 spiro atoms. The van der Waals surface area contributed by atoms with Crippen molar-refractivity contribution in [3.63, 3.8) is 0 Å². The van der Waals surface area contributed by atoms with Gasteiger partial charge in [0.05, 0.1) is 6.61 Å². The maximum absolute atomic E-state index is 11.5. The van der Waals surface area contributed by atoms with E-state index in [1.807, 2.05) is 6.26 Å². The average molecular weight is 299 g/mol. The number of thioether (sulfide) groups is 1. The standard InChI is InChI=1S/C14H21NO4S/c1-18-9-12(16)10-19-13-5-3-11(4-6-13)15-14(17)7-8-20-2/h3-6,12,16H,7-10H2,1-2H3,(H,15,17). The summed E-state index contributed by atoms with van der Waals surface area (Å²) >= 11 is 1.64. The smallest absolute Gasteiger partial charge is 0.225 e. The van der Waals surface area contributed by atoms with Crippen molar-refractivity contribution < 1.29 is 19.4 Å². The van der Waals surface area contributed by atoms with Gasteiger partial charge in [-0.3, -0.25) is 4.79 Å². The summed E-state index contributed by atoms with van der Waals surface area (Å²) in [7, 11) is 1.53. The van der Waals surface area contributed by atoms with E-state index in [2.05, 4.69) is 5.32 Å². The van der Waals surface area contributed by atoms with Crippen molar-refractivity contribution in [2.75, 3.05) is 37.6 Å². The number of benzene rings is 1. The Morgan fingerprint density at radius 1 is 1.35 bits per heavy atom. The van der Waals surface area contributed by atoms with Gasteiger partial charge in [0.1, 0.15) is 18.5 Å². The number of hydrogen-bond donors (Lipinski definition) is 2. The number of rotatable bonds is 9. The molecule has 0 fully saturated rings. The fourth-order valence-electron chi connectivity index (χ4n) is 1.49. The van der Waals surface area contributed by atoms with Gasteiger partial charge in [0.15, 0.2) is 0 Å². The first kappa shape index (κ1) is 16.8. The van der Waals surface area contributed by atoms with E-state index in [1.54, 1.807) is 36.0 Å². The number of amides is 1. The molecule has 0 aliphatic carbocycles. The molecule has 0 heterocycles. The summed E-state index contributed by atoms with van der Waals surface area (Å²) in [6.45, 7) is 0.414. The second kappa shape index (κ2) is 9.63. The summed E-state index contributed by atoms with van der Waals surface area (Å²) in [5.41, 5.74) is 0.737. The van der Waals surface area contributed by atoms with Crippen molar-refractivity contribution in [1.82, 2.24) is 0 Å². The lowest BCUT2D eigenvalue weighted by molar-refractivity contribution is -0.115. The Kier molecular flexibility index (Phi) is 8.10. The van der Waals surface area contributed by atoms with Gasteiger partial charge in [-0.2, -0.15) is 11.8 Å². The van der Waals surface area contributed by atoms with Crippen LogP contribution in [0.3, 0.4) is 0 Å². The summed E-state index contributed by atoms with van der Waals surface area (Å²) < 4.78 is 10.2. The summed E-state index contributed by atoms with van der Waals surface area (Å²) in [6, 6.07) is 7.05. The molecule has 0 aliphatic heterocycles. The fourth-order valence-corrected chi connectivity index (χ4v) is 1.88. The van der Waals surface area contributed by atoms with Crippen molar-refractivity contribution in [3.8, 4) is 5.75 Å². The highest BCUT2D eigenvalue weighted by atomic mass is 32.2. The van der Waals surface area contributed by atoms with Gasteiger partial charge in [-0.25, -0.2) is 0 Å². The molecule has 0 bridgehead atoms. The number of anilines is 1. The maximum atomic E-state index is 11.5. The predicted molar refractivity (Wildman–Crippen MR) is 81.4 cm³/mol. The first-order valence-electron chi connectivity index (χ1n) is 6.34. The van der Waals surface area contributed by atoms with Crippen LogP contribution in [-0.2, 0) is 9.53 Å². The van der Waals surface area contributed by atoms with Crippen LogP contribution in [0.2, 0.25) is 0 Å². The molecule has 0 radical (unpaired) electrons. The highest BCUT2D eigenvalue weighted by Crippen LogP contribution is 2.16. The Bertz CT molecular complexity index is 397. The molecule has 0 aromatic heterocycles. The van der Waals surface area contributed by atoms with Crippen molar-refractivity contribution in [1.29, 1.82) is 0 Å². The maximum Gasteiger partial charge on any atom is 0.225 e. The van der Waals surface area contributed by atoms with Gasteiger partial charge in [0.2, 0.25) is 5.91 Å². The Balaban J connectivity index is 2.38. The zero-order valence-corrected chi connectivity index (χ0v) is 12.6. The molecule has 0 saturated carbocycles. The molecular weight excluding hydrogens is 278 g/mol. The van der Waals surface area contributed by atoms with Crippen LogP contribution in [-0.4, -0.2) is 49.4 Å². The number of ether oxygens (including phenoxy) is 2. The molecule has 112 valence electrons. The third-order valence-electron chi connectivity index (χ3n) is 2.47. The lowest BCUT2D eigenvalue weighted by Crippen LogP contribution is -2.22. The Hall–Kier alpha value is -1.24. The third kappa shape index (κ3) is 6.79. The normalized spacial score (nSPS) is 11.9. The van der Waals surface area contributed by atoms with E-state index in [1.165, 1.54) is 7.11 Å². The Labute approximate surface area is 123 Å². The number of aliphatic hydroxyl groups excluding tert-OH is 1. The molecule has 1 atom stereocenters. The summed E-state index contributed by atoms with van der Waals surface area (Å²) in [5.74, 6) is 1.45. The highest BCUT2D eigenvalue weighted by molar-refractivity contribution is 7.98. The van der Waals surface area contributed by atoms with Crippen LogP contribution < -0.4 is 10.1 Å². The number of nitrogens with one attached hydrogen (secondary N) is 1. The first-order chi connectivity index (χ1) is 9.65. The van der Waals surface area contributed by atoms with Gasteiger partial charge >= 0.3 is 0 Å². The van der Waals surface area contributed by atoms with Crippen molar-refractivity contribution >= 4 is 23.4 Å². The molecule has 20 heavy (non-hydrogen) atoms. The van der Waals surface area contributed by atoms with Crippen LogP contribution in [0.5, 0.6) is 5.75 Å². The number of aliphatic hydroxyl groups is 1. The van der Waals surface area contributed by atoms with Crippen LogP contribution in [0.1, 0.15) is 6.42 Å². The van der Waals surface area contributed by atoms with Gasteiger partial charge in [-0.1, -0.05) is 0 Å². The minimum absolute atomic E-state index is 0.00327. The highest BCUT2D eigenvalue weighted by Gasteiger charge is 2.05. The summed E-state index contributed by atoms with van der Waals surface area (Å²) in [6.07, 6.45) is 1.82. The molecule has 2 N–H and O–H groups in total. The molecular formula is C14H21NO4S. The van der Waals surface area contributed by atoms with Crippen LogP contribution in [0.25, 0.3) is 0 Å². The minimum atomic E-state index is -0.647. The predicted octanol–water partition coefficient (Wildman–Crippen LogP) is 1.76. The van der Waals surface area contributed by atoms with Gasteiger partial charge in [0.25, 0.3) is 0 Å². The van der Waals surface area contributed by atoms with E-state index < -0.39 is 6.10 Å². The van der Waals surface area contributed by atoms with E-state index in [-0.39, 0.29) is 19.1 Å². The average Bonchev–Trinajstić information content (AvgIpc) is 2.45. The zero-order chi connectivity index (χ0) is 14.8. The lowest BCUT2D eigenvalue weighted by atomic mass is 10.3. The van der Waals surface area contributed by atoms with E-state index >= 15 is 0 Å². The monoisotopic (exact) mass is 299 g/mol. The summed E-state index contributed by atoms with van der Waals surface area (Å²) in [4.78, 5) is 11.5. The van der Waals surface area contributed by atoms with Crippen LogP contribution >= 0.6 is 11.8 Å². The van der Waals surface area contributed by atoms with Gasteiger partial charge in [0, 0.05) is 25.0 Å². The quantitative estimate of drug-likeness (QED) is 0.727. The van der Waals surface area contributed by atoms with Crippen LogP contribution in [0.15, 0.2) is 24.3 Å². The largest absolute Gasteiger partial charge is 0.491 e. The number of carbonyl (C=O) groups excluding carboxylic acids is 1. The third-order valence-corrected chi connectivity index (χ3v) is 3.09. The van der Waals surface area contributed by atoms with Crippen molar-refractivity contribution in [3.05, 3.63) is 24.3 Å². The zero-order valence-electron chi connectivity index (χ0n) is 11.8. The van der Waals surface area contributed by atoms with Crippen LogP contribution in [0, 0.1) is 0 Å². The molecule has 1 rings (SSSR count). The SMILES string of the molecule is COCC(O)COc1ccc(NC(=O)CCSC)cc1. The van der Waals surface area contributed by atoms with Crippen LogP contribution in [0.4, 0.5) is 5.69 Å².